The minimum atomic E-state index is -1.77. The van der Waals surface area contributed by atoms with Crippen molar-refractivity contribution < 1.29 is 39.2 Å². The van der Waals surface area contributed by atoms with Gasteiger partial charge in [-0.3, -0.25) is 14.4 Å². The molecule has 0 aliphatic carbocycles. The summed E-state index contributed by atoms with van der Waals surface area (Å²) >= 11 is 0. The average molecular weight is 433 g/mol. The SMILES string of the molecule is CCCCCCCC(=O)O[C@@H]([C@H](O)[C@H](O)CO)[C@H](C=O)OC(=O)CCCCCCC. The van der Waals surface area contributed by atoms with E-state index in [1.165, 1.54) is 0 Å². The monoisotopic (exact) mass is 432 g/mol. The summed E-state index contributed by atoms with van der Waals surface area (Å²) in [5, 5.41) is 29.0. The molecule has 0 aliphatic rings. The topological polar surface area (TPSA) is 130 Å². The smallest absolute Gasteiger partial charge is 0.306 e. The van der Waals surface area contributed by atoms with Crippen LogP contribution >= 0.6 is 0 Å². The zero-order valence-corrected chi connectivity index (χ0v) is 18.5. The van der Waals surface area contributed by atoms with E-state index in [-0.39, 0.29) is 19.1 Å². The molecule has 0 saturated carbocycles. The highest BCUT2D eigenvalue weighted by Gasteiger charge is 2.38. The number of carbonyl (C=O) groups excluding carboxylic acids is 3. The third-order valence-electron chi connectivity index (χ3n) is 4.88. The Kier molecular flexibility index (Phi) is 17.4. The lowest BCUT2D eigenvalue weighted by molar-refractivity contribution is -0.185. The molecule has 4 atom stereocenters. The van der Waals surface area contributed by atoms with Gasteiger partial charge in [0.2, 0.25) is 0 Å². The summed E-state index contributed by atoms with van der Waals surface area (Å²) in [7, 11) is 0. The lowest BCUT2D eigenvalue weighted by atomic mass is 10.0. The molecule has 0 amide bonds. The Balaban J connectivity index is 4.82. The number of hydrogen-bond acceptors (Lipinski definition) is 8. The van der Waals surface area contributed by atoms with Crippen LogP contribution in [0.2, 0.25) is 0 Å². The van der Waals surface area contributed by atoms with Crippen LogP contribution in [-0.2, 0) is 23.9 Å². The van der Waals surface area contributed by atoms with Crippen molar-refractivity contribution in [1.29, 1.82) is 0 Å². The van der Waals surface area contributed by atoms with Crippen LogP contribution < -0.4 is 0 Å². The molecule has 8 heteroatoms. The molecule has 0 spiro atoms. The van der Waals surface area contributed by atoms with Gasteiger partial charge < -0.3 is 24.8 Å². The Labute approximate surface area is 179 Å². The molecule has 0 aromatic rings. The summed E-state index contributed by atoms with van der Waals surface area (Å²) in [5.41, 5.74) is 0. The third-order valence-corrected chi connectivity index (χ3v) is 4.88. The summed E-state index contributed by atoms with van der Waals surface area (Å²) in [6.07, 6.45) is 3.07. The van der Waals surface area contributed by atoms with Crippen molar-refractivity contribution in [3.05, 3.63) is 0 Å². The van der Waals surface area contributed by atoms with Gasteiger partial charge in [0.1, 0.15) is 12.2 Å². The number of aldehydes is 1. The molecule has 0 aromatic heterocycles. The molecule has 0 heterocycles. The third kappa shape index (κ3) is 12.9. The van der Waals surface area contributed by atoms with Gasteiger partial charge in [-0.05, 0) is 12.8 Å². The van der Waals surface area contributed by atoms with E-state index < -0.39 is 43.0 Å². The summed E-state index contributed by atoms with van der Waals surface area (Å²) in [6.45, 7) is 3.36. The van der Waals surface area contributed by atoms with Crippen LogP contribution in [-0.4, -0.2) is 64.6 Å². The largest absolute Gasteiger partial charge is 0.455 e. The Morgan fingerprint density at radius 1 is 0.800 bits per heavy atom. The van der Waals surface area contributed by atoms with Gasteiger partial charge in [0.05, 0.1) is 6.61 Å². The zero-order chi connectivity index (χ0) is 22.8. The molecule has 8 nitrogen and oxygen atoms in total. The molecule has 3 N–H and O–H groups in total. The van der Waals surface area contributed by atoms with Gasteiger partial charge in [0.25, 0.3) is 0 Å². The first kappa shape index (κ1) is 28.5. The second kappa shape index (κ2) is 18.3. The van der Waals surface area contributed by atoms with Crippen LogP contribution in [0.5, 0.6) is 0 Å². The average Bonchev–Trinajstić information content (AvgIpc) is 2.74. The summed E-state index contributed by atoms with van der Waals surface area (Å²) in [5.74, 6) is -1.31. The van der Waals surface area contributed by atoms with Crippen LogP contribution in [0, 0.1) is 0 Å². The van der Waals surface area contributed by atoms with Crippen molar-refractivity contribution in [3.63, 3.8) is 0 Å². The fraction of sp³-hybridized carbons (Fsp3) is 0.864. The number of unbranched alkanes of at least 4 members (excludes halogenated alkanes) is 8. The van der Waals surface area contributed by atoms with E-state index in [1.54, 1.807) is 0 Å². The van der Waals surface area contributed by atoms with E-state index in [4.69, 9.17) is 14.6 Å². The Morgan fingerprint density at radius 3 is 1.70 bits per heavy atom. The van der Waals surface area contributed by atoms with Crippen LogP contribution in [0.4, 0.5) is 0 Å². The highest BCUT2D eigenvalue weighted by molar-refractivity contribution is 5.74. The second-order valence-electron chi connectivity index (χ2n) is 7.61. The normalized spacial score (nSPS) is 15.1. The first-order valence-corrected chi connectivity index (χ1v) is 11.2. The number of hydrogen-bond donors (Lipinski definition) is 3. The van der Waals surface area contributed by atoms with Crippen LogP contribution in [0.25, 0.3) is 0 Å². The van der Waals surface area contributed by atoms with Crippen molar-refractivity contribution in [1.82, 2.24) is 0 Å². The predicted molar refractivity (Wildman–Crippen MR) is 112 cm³/mol. The number of rotatable bonds is 19. The molecule has 0 unspecified atom stereocenters. The van der Waals surface area contributed by atoms with Gasteiger partial charge in [0, 0.05) is 12.8 Å². The minimum Gasteiger partial charge on any atom is -0.455 e. The molecular weight excluding hydrogens is 392 g/mol. The van der Waals surface area contributed by atoms with Gasteiger partial charge in [-0.25, -0.2) is 0 Å². The Bertz CT molecular complexity index is 468. The van der Waals surface area contributed by atoms with Gasteiger partial charge in [-0.2, -0.15) is 0 Å². The number of aliphatic hydroxyl groups excluding tert-OH is 3. The molecule has 30 heavy (non-hydrogen) atoms. The van der Waals surface area contributed by atoms with E-state index >= 15 is 0 Å². The van der Waals surface area contributed by atoms with Gasteiger partial charge in [-0.1, -0.05) is 65.2 Å². The summed E-state index contributed by atoms with van der Waals surface area (Å²) in [6, 6.07) is 0. The standard InChI is InChI=1S/C22H40O8/c1-3-5-7-9-11-13-19(26)29-18(16-24)22(21(28)17(25)15-23)30-20(27)14-12-10-8-6-4-2/h16-18,21-23,25,28H,3-15H2,1-2H3/t17-,18+,21-,22-/m1/s1. The van der Waals surface area contributed by atoms with E-state index in [0.29, 0.717) is 12.8 Å². The number of aliphatic hydroxyl groups is 3. The van der Waals surface area contributed by atoms with Crippen molar-refractivity contribution in [2.24, 2.45) is 0 Å². The molecule has 0 saturated heterocycles. The van der Waals surface area contributed by atoms with E-state index in [9.17, 15) is 24.6 Å². The molecular formula is C22H40O8. The molecule has 0 rings (SSSR count). The van der Waals surface area contributed by atoms with Gasteiger partial charge >= 0.3 is 11.9 Å². The van der Waals surface area contributed by atoms with Crippen molar-refractivity contribution >= 4 is 18.2 Å². The zero-order valence-electron chi connectivity index (χ0n) is 18.5. The van der Waals surface area contributed by atoms with Crippen LogP contribution in [0.15, 0.2) is 0 Å². The van der Waals surface area contributed by atoms with Crippen molar-refractivity contribution in [3.8, 4) is 0 Å². The van der Waals surface area contributed by atoms with Crippen molar-refractivity contribution in [2.75, 3.05) is 6.61 Å². The molecule has 0 aliphatic heterocycles. The second-order valence-corrected chi connectivity index (χ2v) is 7.61. The predicted octanol–water partition coefficient (Wildman–Crippen LogP) is 2.44. The van der Waals surface area contributed by atoms with E-state index in [1.807, 2.05) is 0 Å². The summed E-state index contributed by atoms with van der Waals surface area (Å²) in [4.78, 5) is 35.7. The highest BCUT2D eigenvalue weighted by Crippen LogP contribution is 2.16. The fourth-order valence-electron chi connectivity index (χ4n) is 3.00. The summed E-state index contributed by atoms with van der Waals surface area (Å²) < 4.78 is 10.3. The maximum absolute atomic E-state index is 12.1. The van der Waals surface area contributed by atoms with Crippen LogP contribution in [0.1, 0.15) is 90.9 Å². The van der Waals surface area contributed by atoms with E-state index in [2.05, 4.69) is 13.8 Å². The Hall–Kier alpha value is -1.51. The molecule has 176 valence electrons. The first-order valence-electron chi connectivity index (χ1n) is 11.2. The minimum absolute atomic E-state index is 0.0824. The quantitative estimate of drug-likeness (QED) is 0.161. The highest BCUT2D eigenvalue weighted by atomic mass is 16.6. The maximum atomic E-state index is 12.1. The lowest BCUT2D eigenvalue weighted by Crippen LogP contribution is -2.50. The first-order chi connectivity index (χ1) is 14.4. The van der Waals surface area contributed by atoms with Gasteiger partial charge in [-0.15, -0.1) is 0 Å². The lowest BCUT2D eigenvalue weighted by Gasteiger charge is -2.29. The molecule has 0 fully saturated rings. The number of esters is 2. The molecule has 0 radical (unpaired) electrons. The molecule has 0 aromatic carbocycles. The maximum Gasteiger partial charge on any atom is 0.306 e. The number of carbonyl (C=O) groups is 3. The molecule has 0 bridgehead atoms. The number of ether oxygens (including phenoxy) is 2. The van der Waals surface area contributed by atoms with Crippen LogP contribution in [0.3, 0.4) is 0 Å². The van der Waals surface area contributed by atoms with Crippen molar-refractivity contribution in [2.45, 2.75) is 115 Å². The van der Waals surface area contributed by atoms with Gasteiger partial charge in [0.15, 0.2) is 18.5 Å². The Morgan fingerprint density at radius 2 is 1.27 bits per heavy atom. The fourth-order valence-corrected chi connectivity index (χ4v) is 3.00. The van der Waals surface area contributed by atoms with E-state index in [0.717, 1.165) is 51.4 Å².